The average Bonchev–Trinajstić information content (AvgIpc) is 2.41. The van der Waals surface area contributed by atoms with Gasteiger partial charge in [0.05, 0.1) is 18.8 Å². The number of nitrogens with zero attached hydrogens (tertiary/aromatic N) is 1. The highest BCUT2D eigenvalue weighted by Gasteiger charge is 2.27. The summed E-state index contributed by atoms with van der Waals surface area (Å²) < 4.78 is 56.1. The largest absolute Gasteiger partial charge is 0.478 e. The number of sulfonamides is 1. The van der Waals surface area contributed by atoms with Gasteiger partial charge in [0.15, 0.2) is 11.6 Å². The number of morpholine rings is 1. The molecule has 0 aliphatic carbocycles. The molecular formula is C11H12F2N2O5S. The number of hydrazine groups is 1. The maximum atomic E-state index is 13.7. The van der Waals surface area contributed by atoms with Gasteiger partial charge in [-0.1, -0.05) is 0 Å². The van der Waals surface area contributed by atoms with Crippen molar-refractivity contribution in [2.24, 2.45) is 0 Å². The van der Waals surface area contributed by atoms with Crippen molar-refractivity contribution < 1.29 is 31.8 Å². The molecule has 1 fully saturated rings. The smallest absolute Gasteiger partial charge is 0.335 e. The van der Waals surface area contributed by atoms with Gasteiger partial charge in [-0.2, -0.15) is 0 Å². The highest BCUT2D eigenvalue weighted by atomic mass is 32.2. The molecular weight excluding hydrogens is 310 g/mol. The monoisotopic (exact) mass is 322 g/mol. The fraction of sp³-hybridized carbons (Fsp3) is 0.364. The van der Waals surface area contributed by atoms with Crippen molar-refractivity contribution in [3.8, 4) is 0 Å². The Kier molecular flexibility index (Phi) is 4.52. The van der Waals surface area contributed by atoms with Crippen molar-refractivity contribution in [2.45, 2.75) is 4.90 Å². The molecule has 2 N–H and O–H groups in total. The maximum absolute atomic E-state index is 13.7. The van der Waals surface area contributed by atoms with Crippen LogP contribution in [0.15, 0.2) is 17.0 Å². The van der Waals surface area contributed by atoms with E-state index in [1.54, 1.807) is 0 Å². The fourth-order valence-corrected chi connectivity index (χ4v) is 2.99. The molecule has 10 heteroatoms. The van der Waals surface area contributed by atoms with E-state index < -0.39 is 38.1 Å². The molecule has 0 bridgehead atoms. The number of rotatable bonds is 4. The van der Waals surface area contributed by atoms with E-state index in [-0.39, 0.29) is 26.3 Å². The zero-order valence-corrected chi connectivity index (χ0v) is 11.5. The molecule has 116 valence electrons. The van der Waals surface area contributed by atoms with Gasteiger partial charge in [0, 0.05) is 13.1 Å². The molecule has 1 aliphatic heterocycles. The molecule has 0 unspecified atom stereocenters. The Hall–Kier alpha value is -1.62. The van der Waals surface area contributed by atoms with Crippen molar-refractivity contribution in [3.05, 3.63) is 29.3 Å². The van der Waals surface area contributed by atoms with Gasteiger partial charge in [0.25, 0.3) is 10.0 Å². The van der Waals surface area contributed by atoms with E-state index in [0.717, 1.165) is 0 Å². The van der Waals surface area contributed by atoms with Crippen LogP contribution >= 0.6 is 0 Å². The number of ether oxygens (including phenoxy) is 1. The third kappa shape index (κ3) is 3.53. The van der Waals surface area contributed by atoms with E-state index >= 15 is 0 Å². The van der Waals surface area contributed by atoms with E-state index in [2.05, 4.69) is 4.83 Å². The summed E-state index contributed by atoms with van der Waals surface area (Å²) in [5, 5.41) is 10.0. The Balaban J connectivity index is 2.36. The average molecular weight is 322 g/mol. The minimum atomic E-state index is -4.43. The topological polar surface area (TPSA) is 95.9 Å². The van der Waals surface area contributed by atoms with Gasteiger partial charge in [-0.15, -0.1) is 4.83 Å². The fourth-order valence-electron chi connectivity index (χ4n) is 1.76. The van der Waals surface area contributed by atoms with Crippen LogP contribution in [0.2, 0.25) is 0 Å². The molecule has 0 atom stereocenters. The molecule has 1 aromatic rings. The second-order valence-electron chi connectivity index (χ2n) is 4.27. The lowest BCUT2D eigenvalue weighted by molar-refractivity contribution is 0.0272. The van der Waals surface area contributed by atoms with Crippen LogP contribution in [0.4, 0.5) is 8.78 Å². The Morgan fingerprint density at radius 2 is 1.90 bits per heavy atom. The van der Waals surface area contributed by atoms with Crippen LogP contribution in [-0.2, 0) is 14.8 Å². The third-order valence-corrected chi connectivity index (χ3v) is 4.17. The van der Waals surface area contributed by atoms with Crippen molar-refractivity contribution in [1.29, 1.82) is 0 Å². The molecule has 0 saturated carbocycles. The first kappa shape index (κ1) is 15.8. The molecule has 1 heterocycles. The SMILES string of the molecule is O=C(O)c1cc(F)c(F)c(S(=O)(=O)NN2CCOCC2)c1. The van der Waals surface area contributed by atoms with Gasteiger partial charge in [0.2, 0.25) is 0 Å². The summed E-state index contributed by atoms with van der Waals surface area (Å²) in [6.07, 6.45) is 0. The van der Waals surface area contributed by atoms with Gasteiger partial charge in [-0.25, -0.2) is 27.0 Å². The summed E-state index contributed by atoms with van der Waals surface area (Å²) in [4.78, 5) is 11.8. The minimum Gasteiger partial charge on any atom is -0.478 e. The van der Waals surface area contributed by atoms with Crippen molar-refractivity contribution in [2.75, 3.05) is 26.3 Å². The summed E-state index contributed by atoms with van der Waals surface area (Å²) in [6, 6.07) is 0.995. The van der Waals surface area contributed by atoms with Crippen LogP contribution in [0.3, 0.4) is 0 Å². The Morgan fingerprint density at radius 1 is 1.29 bits per heavy atom. The number of carbonyl (C=O) groups is 1. The lowest BCUT2D eigenvalue weighted by atomic mass is 10.2. The van der Waals surface area contributed by atoms with E-state index in [9.17, 15) is 22.0 Å². The summed E-state index contributed by atoms with van der Waals surface area (Å²) >= 11 is 0. The molecule has 0 spiro atoms. The van der Waals surface area contributed by atoms with Gasteiger partial charge in [-0.3, -0.25) is 0 Å². The minimum absolute atomic E-state index is 0.238. The van der Waals surface area contributed by atoms with Crippen LogP contribution in [0.25, 0.3) is 0 Å². The second-order valence-corrected chi connectivity index (χ2v) is 5.90. The van der Waals surface area contributed by atoms with Gasteiger partial charge >= 0.3 is 5.97 Å². The summed E-state index contributed by atoms with van der Waals surface area (Å²) in [7, 11) is -4.43. The van der Waals surface area contributed by atoms with Crippen molar-refractivity contribution >= 4 is 16.0 Å². The molecule has 0 radical (unpaired) electrons. The van der Waals surface area contributed by atoms with E-state index in [4.69, 9.17) is 9.84 Å². The molecule has 1 aromatic carbocycles. The van der Waals surface area contributed by atoms with Crippen LogP contribution in [0.5, 0.6) is 0 Å². The van der Waals surface area contributed by atoms with Crippen molar-refractivity contribution in [1.82, 2.24) is 9.84 Å². The number of hydrogen-bond acceptors (Lipinski definition) is 5. The molecule has 0 amide bonds. The zero-order chi connectivity index (χ0) is 15.6. The predicted octanol–water partition coefficient (Wildman–Crippen LogP) is 0.189. The van der Waals surface area contributed by atoms with Crippen molar-refractivity contribution in [3.63, 3.8) is 0 Å². The van der Waals surface area contributed by atoms with Crippen LogP contribution < -0.4 is 4.83 Å². The molecule has 1 aliphatic rings. The normalized spacial score (nSPS) is 16.9. The first-order chi connectivity index (χ1) is 9.81. The number of hydrogen-bond donors (Lipinski definition) is 2. The summed E-state index contributed by atoms with van der Waals surface area (Å²) in [5.74, 6) is -4.73. The number of aromatic carboxylic acids is 1. The standard InChI is InChI=1S/C11H12F2N2O5S/c12-8-5-7(11(16)17)6-9(10(8)13)21(18,19)14-15-1-3-20-4-2-15/h5-6,14H,1-4H2,(H,16,17). The summed E-state index contributed by atoms with van der Waals surface area (Å²) in [6.45, 7) is 1.05. The number of carboxylic acids is 1. The summed E-state index contributed by atoms with van der Waals surface area (Å²) in [5.41, 5.74) is -0.656. The van der Waals surface area contributed by atoms with Gasteiger partial charge < -0.3 is 9.84 Å². The van der Waals surface area contributed by atoms with Crippen LogP contribution in [0.1, 0.15) is 10.4 Å². The predicted molar refractivity (Wildman–Crippen MR) is 66.0 cm³/mol. The number of carboxylic acid groups (broad SMARTS) is 1. The molecule has 7 nitrogen and oxygen atoms in total. The Bertz CT molecular complexity index is 659. The van der Waals surface area contributed by atoms with Gasteiger partial charge in [0.1, 0.15) is 4.90 Å². The molecule has 1 saturated heterocycles. The Labute approximate surface area is 119 Å². The first-order valence-corrected chi connectivity index (χ1v) is 7.37. The lowest BCUT2D eigenvalue weighted by Gasteiger charge is -2.26. The maximum Gasteiger partial charge on any atom is 0.335 e. The lowest BCUT2D eigenvalue weighted by Crippen LogP contribution is -2.48. The van der Waals surface area contributed by atoms with E-state index in [1.165, 1.54) is 5.01 Å². The highest BCUT2D eigenvalue weighted by molar-refractivity contribution is 7.89. The molecule has 2 rings (SSSR count). The Morgan fingerprint density at radius 3 is 2.48 bits per heavy atom. The zero-order valence-electron chi connectivity index (χ0n) is 10.7. The van der Waals surface area contributed by atoms with E-state index in [1.807, 2.05) is 0 Å². The van der Waals surface area contributed by atoms with Gasteiger partial charge in [-0.05, 0) is 12.1 Å². The van der Waals surface area contributed by atoms with E-state index in [0.29, 0.717) is 12.1 Å². The molecule has 21 heavy (non-hydrogen) atoms. The van der Waals surface area contributed by atoms with Crippen LogP contribution in [0, 0.1) is 11.6 Å². The second kappa shape index (κ2) is 6.02. The number of nitrogens with one attached hydrogen (secondary N) is 1. The van der Waals surface area contributed by atoms with Crippen LogP contribution in [-0.4, -0.2) is 50.8 Å². The highest BCUT2D eigenvalue weighted by Crippen LogP contribution is 2.20. The molecule has 0 aromatic heterocycles. The third-order valence-electron chi connectivity index (χ3n) is 2.79. The number of halogens is 2. The number of benzene rings is 1. The quantitative estimate of drug-likeness (QED) is 0.821. The first-order valence-electron chi connectivity index (χ1n) is 5.89.